The second kappa shape index (κ2) is 4.00. The molecule has 0 saturated heterocycles. The standard InChI is InChI=1S/C10H13NO3/c1-6-4-8(14-10(13)11-3)5-7(2)9(6)12/h4-5,12H,1-3H3,(H,11,13). The van der Waals surface area contributed by atoms with E-state index >= 15 is 0 Å². The van der Waals surface area contributed by atoms with Crippen LogP contribution in [0.1, 0.15) is 11.1 Å². The van der Waals surface area contributed by atoms with Crippen molar-refractivity contribution >= 4 is 6.09 Å². The molecule has 0 saturated carbocycles. The molecule has 0 bridgehead atoms. The number of hydrogen-bond donors (Lipinski definition) is 2. The molecular weight excluding hydrogens is 182 g/mol. The molecule has 1 aromatic carbocycles. The monoisotopic (exact) mass is 195 g/mol. The minimum absolute atomic E-state index is 0.231. The fraction of sp³-hybridized carbons (Fsp3) is 0.300. The SMILES string of the molecule is CNC(=O)Oc1cc(C)c(O)c(C)c1. The Hall–Kier alpha value is -1.71. The summed E-state index contributed by atoms with van der Waals surface area (Å²) in [4.78, 5) is 10.9. The number of carbonyl (C=O) groups is 1. The van der Waals surface area contributed by atoms with Crippen LogP contribution < -0.4 is 10.1 Å². The number of ether oxygens (including phenoxy) is 1. The topological polar surface area (TPSA) is 58.6 Å². The van der Waals surface area contributed by atoms with Crippen LogP contribution in [0.25, 0.3) is 0 Å². The molecule has 0 unspecified atom stereocenters. The van der Waals surface area contributed by atoms with Gasteiger partial charge < -0.3 is 15.2 Å². The van der Waals surface area contributed by atoms with Crippen molar-refractivity contribution in [2.75, 3.05) is 7.05 Å². The van der Waals surface area contributed by atoms with Gasteiger partial charge in [-0.05, 0) is 37.1 Å². The minimum Gasteiger partial charge on any atom is -0.507 e. The molecule has 0 spiro atoms. The van der Waals surface area contributed by atoms with Crippen molar-refractivity contribution in [3.8, 4) is 11.5 Å². The lowest BCUT2D eigenvalue weighted by atomic mass is 10.1. The van der Waals surface area contributed by atoms with E-state index in [1.807, 2.05) is 0 Å². The van der Waals surface area contributed by atoms with Gasteiger partial charge in [0.05, 0.1) is 0 Å². The Labute approximate surface area is 82.5 Å². The summed E-state index contributed by atoms with van der Waals surface area (Å²) in [7, 11) is 1.49. The van der Waals surface area contributed by atoms with E-state index in [0.717, 1.165) is 0 Å². The molecule has 0 aliphatic heterocycles. The molecular formula is C10H13NO3. The largest absolute Gasteiger partial charge is 0.507 e. The molecule has 0 radical (unpaired) electrons. The third kappa shape index (κ3) is 2.16. The van der Waals surface area contributed by atoms with E-state index in [1.54, 1.807) is 26.0 Å². The van der Waals surface area contributed by atoms with E-state index in [0.29, 0.717) is 16.9 Å². The molecule has 0 heterocycles. The Balaban J connectivity index is 2.95. The molecule has 1 amide bonds. The van der Waals surface area contributed by atoms with Gasteiger partial charge in [-0.3, -0.25) is 0 Å². The quantitative estimate of drug-likeness (QED) is 0.717. The van der Waals surface area contributed by atoms with E-state index in [4.69, 9.17) is 4.74 Å². The molecule has 1 aromatic rings. The maximum atomic E-state index is 10.9. The summed E-state index contributed by atoms with van der Waals surface area (Å²) < 4.78 is 4.92. The molecule has 2 N–H and O–H groups in total. The maximum absolute atomic E-state index is 10.9. The molecule has 4 heteroatoms. The number of rotatable bonds is 1. The Morgan fingerprint density at radius 2 is 1.86 bits per heavy atom. The fourth-order valence-corrected chi connectivity index (χ4v) is 1.13. The summed E-state index contributed by atoms with van der Waals surface area (Å²) in [5, 5.41) is 11.8. The number of aryl methyl sites for hydroxylation is 2. The molecule has 4 nitrogen and oxygen atoms in total. The summed E-state index contributed by atoms with van der Waals surface area (Å²) >= 11 is 0. The zero-order chi connectivity index (χ0) is 10.7. The normalized spacial score (nSPS) is 9.64. The van der Waals surface area contributed by atoms with E-state index in [-0.39, 0.29) is 5.75 Å². The van der Waals surface area contributed by atoms with Gasteiger partial charge in [-0.15, -0.1) is 0 Å². The predicted octanol–water partition coefficient (Wildman–Crippen LogP) is 1.73. The molecule has 76 valence electrons. The summed E-state index contributed by atoms with van der Waals surface area (Å²) in [5.74, 6) is 0.659. The second-order valence-corrected chi connectivity index (χ2v) is 3.05. The van der Waals surface area contributed by atoms with Crippen molar-refractivity contribution in [1.82, 2.24) is 5.32 Å². The van der Waals surface area contributed by atoms with Gasteiger partial charge >= 0.3 is 6.09 Å². The molecule has 1 rings (SSSR count). The Morgan fingerprint density at radius 1 is 1.36 bits per heavy atom. The van der Waals surface area contributed by atoms with Crippen LogP contribution in [0.5, 0.6) is 11.5 Å². The predicted molar refractivity (Wildman–Crippen MR) is 52.7 cm³/mol. The maximum Gasteiger partial charge on any atom is 0.412 e. The van der Waals surface area contributed by atoms with E-state index in [1.165, 1.54) is 7.05 Å². The summed E-state index contributed by atoms with van der Waals surface area (Å²) in [6.07, 6.45) is -0.519. The minimum atomic E-state index is -0.519. The molecule has 14 heavy (non-hydrogen) atoms. The fourth-order valence-electron chi connectivity index (χ4n) is 1.13. The lowest BCUT2D eigenvalue weighted by molar-refractivity contribution is 0.203. The number of phenols is 1. The average Bonchev–Trinajstić information content (AvgIpc) is 2.14. The third-order valence-corrected chi connectivity index (χ3v) is 1.88. The van der Waals surface area contributed by atoms with Gasteiger partial charge in [-0.1, -0.05) is 0 Å². The van der Waals surface area contributed by atoms with Crippen LogP contribution in [0.4, 0.5) is 4.79 Å². The molecule has 0 atom stereocenters. The number of nitrogens with one attached hydrogen (secondary N) is 1. The zero-order valence-electron chi connectivity index (χ0n) is 8.42. The first kappa shape index (κ1) is 10.4. The van der Waals surface area contributed by atoms with E-state index in [2.05, 4.69) is 5.32 Å². The van der Waals surface area contributed by atoms with Crippen molar-refractivity contribution in [1.29, 1.82) is 0 Å². The highest BCUT2D eigenvalue weighted by Gasteiger charge is 2.06. The van der Waals surface area contributed by atoms with Crippen LogP contribution in [0.15, 0.2) is 12.1 Å². The number of phenolic OH excluding ortho intramolecular Hbond substituents is 1. The summed E-state index contributed by atoms with van der Waals surface area (Å²) in [6, 6.07) is 3.22. The van der Waals surface area contributed by atoms with Crippen molar-refractivity contribution in [2.24, 2.45) is 0 Å². The number of benzene rings is 1. The number of amides is 1. The van der Waals surface area contributed by atoms with Crippen LogP contribution >= 0.6 is 0 Å². The Kier molecular flexibility index (Phi) is 2.96. The highest BCUT2D eigenvalue weighted by molar-refractivity contribution is 5.70. The summed E-state index contributed by atoms with van der Waals surface area (Å²) in [6.45, 7) is 3.50. The second-order valence-electron chi connectivity index (χ2n) is 3.05. The zero-order valence-corrected chi connectivity index (χ0v) is 8.42. The molecule has 0 fully saturated rings. The van der Waals surface area contributed by atoms with Gasteiger partial charge in [0, 0.05) is 7.05 Å². The van der Waals surface area contributed by atoms with Gasteiger partial charge in [0.15, 0.2) is 0 Å². The van der Waals surface area contributed by atoms with E-state index in [9.17, 15) is 9.90 Å². The lowest BCUT2D eigenvalue weighted by Crippen LogP contribution is -2.22. The Bertz CT molecular complexity index is 337. The van der Waals surface area contributed by atoms with E-state index < -0.39 is 6.09 Å². The molecule has 0 aliphatic rings. The van der Waals surface area contributed by atoms with Crippen LogP contribution in [0.2, 0.25) is 0 Å². The molecule has 0 aromatic heterocycles. The Morgan fingerprint density at radius 3 is 2.29 bits per heavy atom. The number of carbonyl (C=O) groups excluding carboxylic acids is 1. The van der Waals surface area contributed by atoms with Gasteiger partial charge in [0.2, 0.25) is 0 Å². The summed E-state index contributed by atoms with van der Waals surface area (Å²) in [5.41, 5.74) is 1.37. The van der Waals surface area contributed by atoms with Crippen molar-refractivity contribution in [2.45, 2.75) is 13.8 Å². The highest BCUT2D eigenvalue weighted by atomic mass is 16.5. The first-order valence-corrected chi connectivity index (χ1v) is 4.24. The average molecular weight is 195 g/mol. The van der Waals surface area contributed by atoms with Crippen LogP contribution in [-0.2, 0) is 0 Å². The first-order valence-electron chi connectivity index (χ1n) is 4.24. The smallest absolute Gasteiger partial charge is 0.412 e. The van der Waals surface area contributed by atoms with Crippen LogP contribution in [0, 0.1) is 13.8 Å². The molecule has 0 aliphatic carbocycles. The highest BCUT2D eigenvalue weighted by Crippen LogP contribution is 2.26. The van der Waals surface area contributed by atoms with Crippen LogP contribution in [-0.4, -0.2) is 18.2 Å². The van der Waals surface area contributed by atoms with Gasteiger partial charge in [0.25, 0.3) is 0 Å². The lowest BCUT2D eigenvalue weighted by Gasteiger charge is -2.07. The van der Waals surface area contributed by atoms with Gasteiger partial charge in [-0.25, -0.2) is 4.79 Å². The van der Waals surface area contributed by atoms with Crippen molar-refractivity contribution < 1.29 is 14.6 Å². The van der Waals surface area contributed by atoms with Crippen molar-refractivity contribution in [3.63, 3.8) is 0 Å². The number of hydrogen-bond acceptors (Lipinski definition) is 3. The first-order chi connectivity index (χ1) is 6.54. The van der Waals surface area contributed by atoms with Crippen LogP contribution in [0.3, 0.4) is 0 Å². The number of aromatic hydroxyl groups is 1. The van der Waals surface area contributed by atoms with Crippen molar-refractivity contribution in [3.05, 3.63) is 23.3 Å². The third-order valence-electron chi connectivity index (χ3n) is 1.88. The van der Waals surface area contributed by atoms with Gasteiger partial charge in [-0.2, -0.15) is 0 Å². The van der Waals surface area contributed by atoms with Gasteiger partial charge in [0.1, 0.15) is 11.5 Å².